The van der Waals surface area contributed by atoms with E-state index in [2.05, 4.69) is 4.18 Å². The summed E-state index contributed by atoms with van der Waals surface area (Å²) >= 11 is 0. The van der Waals surface area contributed by atoms with Crippen molar-refractivity contribution in [2.75, 3.05) is 13.2 Å². The molecule has 1 atom stereocenters. The van der Waals surface area contributed by atoms with Crippen LogP contribution in [0.25, 0.3) is 0 Å². The first-order chi connectivity index (χ1) is 8.74. The van der Waals surface area contributed by atoms with Crippen LogP contribution in [0.1, 0.15) is 32.1 Å². The van der Waals surface area contributed by atoms with Gasteiger partial charge in [-0.15, -0.1) is 0 Å². The van der Waals surface area contributed by atoms with Gasteiger partial charge in [0.2, 0.25) is 0 Å². The molecule has 4 nitrogen and oxygen atoms in total. The Morgan fingerprint density at radius 2 is 2.05 bits per heavy atom. The van der Waals surface area contributed by atoms with E-state index >= 15 is 0 Å². The van der Waals surface area contributed by atoms with Crippen LogP contribution in [-0.4, -0.2) is 27.1 Å². The molecule has 1 unspecified atom stereocenters. The number of rotatable bonds is 2. The Hall–Kier alpha value is -0.760. The van der Waals surface area contributed by atoms with E-state index in [-0.39, 0.29) is 17.6 Å². The Bertz CT molecular complexity index is 461. The molecule has 110 valence electrons. The topological polar surface area (TPSA) is 52.6 Å². The number of allylic oxidation sites excluding steroid dienone is 2. The van der Waals surface area contributed by atoms with Gasteiger partial charge in [0, 0.05) is 13.0 Å². The molecule has 1 aliphatic carbocycles. The van der Waals surface area contributed by atoms with E-state index in [4.69, 9.17) is 4.74 Å². The molecule has 0 amide bonds. The highest BCUT2D eigenvalue weighted by Gasteiger charge is 2.49. The molecule has 2 rings (SSSR count). The van der Waals surface area contributed by atoms with Crippen molar-refractivity contribution in [3.05, 3.63) is 11.8 Å². The summed E-state index contributed by atoms with van der Waals surface area (Å²) in [6.07, 6.45) is 4.59. The predicted molar refractivity (Wildman–Crippen MR) is 60.5 cm³/mol. The van der Waals surface area contributed by atoms with Crippen molar-refractivity contribution in [3.63, 3.8) is 0 Å². The summed E-state index contributed by atoms with van der Waals surface area (Å²) in [6, 6.07) is 0. The van der Waals surface area contributed by atoms with Crippen LogP contribution in [0.15, 0.2) is 11.8 Å². The van der Waals surface area contributed by atoms with E-state index < -0.39 is 15.6 Å². The van der Waals surface area contributed by atoms with Crippen LogP contribution in [0, 0.1) is 5.41 Å². The van der Waals surface area contributed by atoms with Gasteiger partial charge in [-0.1, -0.05) is 0 Å². The summed E-state index contributed by atoms with van der Waals surface area (Å²) in [5.41, 5.74) is -5.44. The molecular weight excluding hydrogens is 285 g/mol. The Morgan fingerprint density at radius 1 is 1.32 bits per heavy atom. The zero-order valence-electron chi connectivity index (χ0n) is 10.2. The van der Waals surface area contributed by atoms with Crippen LogP contribution in [0.2, 0.25) is 0 Å². The number of hydrogen-bond donors (Lipinski definition) is 0. The van der Waals surface area contributed by atoms with Crippen LogP contribution >= 0.6 is 0 Å². The van der Waals surface area contributed by atoms with Gasteiger partial charge >= 0.3 is 15.6 Å². The summed E-state index contributed by atoms with van der Waals surface area (Å²) in [5, 5.41) is 0. The van der Waals surface area contributed by atoms with Crippen LogP contribution in [0.4, 0.5) is 13.2 Å². The SMILES string of the molecule is O=S(=O)(OC1=CCC2(CCCOC2)CC1)C(F)(F)F. The highest BCUT2D eigenvalue weighted by molar-refractivity contribution is 7.87. The molecule has 2 aliphatic rings. The van der Waals surface area contributed by atoms with Crippen LogP contribution in [-0.2, 0) is 19.0 Å². The van der Waals surface area contributed by atoms with Gasteiger partial charge in [0.15, 0.2) is 0 Å². The monoisotopic (exact) mass is 300 g/mol. The number of ether oxygens (including phenoxy) is 1. The largest absolute Gasteiger partial charge is 0.534 e. The van der Waals surface area contributed by atoms with E-state index in [1.54, 1.807) is 0 Å². The van der Waals surface area contributed by atoms with Gasteiger partial charge in [-0.3, -0.25) is 0 Å². The van der Waals surface area contributed by atoms with E-state index in [0.29, 0.717) is 26.1 Å². The van der Waals surface area contributed by atoms with Gasteiger partial charge in [0.05, 0.1) is 6.61 Å². The third-order valence-electron chi connectivity index (χ3n) is 3.57. The van der Waals surface area contributed by atoms with Gasteiger partial charge in [-0.05, 0) is 37.2 Å². The molecule has 0 aromatic heterocycles. The zero-order chi connectivity index (χ0) is 14.1. The fourth-order valence-electron chi connectivity index (χ4n) is 2.45. The third-order valence-corrected chi connectivity index (χ3v) is 4.57. The maximum atomic E-state index is 12.2. The average molecular weight is 300 g/mol. The average Bonchev–Trinajstić information content (AvgIpc) is 2.32. The number of hydrogen-bond acceptors (Lipinski definition) is 4. The third kappa shape index (κ3) is 3.22. The second-order valence-electron chi connectivity index (χ2n) is 5.01. The molecule has 0 aromatic carbocycles. The number of halogens is 3. The summed E-state index contributed by atoms with van der Waals surface area (Å²) < 4.78 is 67.8. The molecule has 19 heavy (non-hydrogen) atoms. The Kier molecular flexibility index (Phi) is 3.83. The van der Waals surface area contributed by atoms with Crippen LogP contribution < -0.4 is 0 Å². The molecule has 8 heteroatoms. The first kappa shape index (κ1) is 14.6. The molecule has 1 fully saturated rings. The molecule has 0 aromatic rings. The lowest BCUT2D eigenvalue weighted by Crippen LogP contribution is -2.34. The highest BCUT2D eigenvalue weighted by Crippen LogP contribution is 2.42. The highest BCUT2D eigenvalue weighted by atomic mass is 32.2. The quantitative estimate of drug-likeness (QED) is 0.581. The Labute approximate surface area is 109 Å². The van der Waals surface area contributed by atoms with Gasteiger partial charge < -0.3 is 8.92 Å². The van der Waals surface area contributed by atoms with Gasteiger partial charge in [0.1, 0.15) is 5.76 Å². The predicted octanol–water partition coefficient (Wildman–Crippen LogP) is 2.72. The Balaban J connectivity index is 2.02. The minimum atomic E-state index is -5.54. The first-order valence-electron chi connectivity index (χ1n) is 6.02. The lowest BCUT2D eigenvalue weighted by Gasteiger charge is -2.38. The van der Waals surface area contributed by atoms with Crippen molar-refractivity contribution in [1.82, 2.24) is 0 Å². The normalized spacial score (nSPS) is 29.1. The molecule has 1 heterocycles. The van der Waals surface area contributed by atoms with Crippen LogP contribution in [0.3, 0.4) is 0 Å². The van der Waals surface area contributed by atoms with Crippen molar-refractivity contribution in [3.8, 4) is 0 Å². The van der Waals surface area contributed by atoms with E-state index in [9.17, 15) is 21.6 Å². The molecule has 0 N–H and O–H groups in total. The minimum Gasteiger partial charge on any atom is -0.381 e. The molecule has 0 radical (unpaired) electrons. The lowest BCUT2D eigenvalue weighted by atomic mass is 9.73. The molecular formula is C11H15F3O4S. The summed E-state index contributed by atoms with van der Waals surface area (Å²) in [6.45, 7) is 1.28. The Morgan fingerprint density at radius 3 is 2.53 bits per heavy atom. The van der Waals surface area contributed by atoms with Crippen molar-refractivity contribution >= 4 is 10.1 Å². The lowest BCUT2D eigenvalue weighted by molar-refractivity contribution is -0.0531. The van der Waals surface area contributed by atoms with E-state index in [0.717, 1.165) is 12.8 Å². The number of alkyl halides is 3. The van der Waals surface area contributed by atoms with Crippen molar-refractivity contribution in [1.29, 1.82) is 0 Å². The maximum Gasteiger partial charge on any atom is 0.534 e. The summed E-state index contributed by atoms with van der Waals surface area (Å²) in [4.78, 5) is 0. The summed E-state index contributed by atoms with van der Waals surface area (Å²) in [5.74, 6) is -0.117. The fraction of sp³-hybridized carbons (Fsp3) is 0.818. The first-order valence-corrected chi connectivity index (χ1v) is 7.43. The van der Waals surface area contributed by atoms with E-state index in [1.807, 2.05) is 0 Å². The van der Waals surface area contributed by atoms with Gasteiger partial charge in [-0.25, -0.2) is 0 Å². The smallest absolute Gasteiger partial charge is 0.381 e. The second kappa shape index (κ2) is 4.97. The molecule has 0 bridgehead atoms. The van der Waals surface area contributed by atoms with Crippen molar-refractivity contribution < 1.29 is 30.5 Å². The summed E-state index contributed by atoms with van der Waals surface area (Å²) in [7, 11) is -5.54. The molecule has 1 aliphatic heterocycles. The molecule has 0 saturated carbocycles. The van der Waals surface area contributed by atoms with Gasteiger partial charge in [-0.2, -0.15) is 21.6 Å². The fourth-order valence-corrected chi connectivity index (χ4v) is 2.98. The van der Waals surface area contributed by atoms with Gasteiger partial charge in [0.25, 0.3) is 0 Å². The second-order valence-corrected chi connectivity index (χ2v) is 6.55. The van der Waals surface area contributed by atoms with Crippen LogP contribution in [0.5, 0.6) is 0 Å². The minimum absolute atomic E-state index is 0.0624. The molecule has 1 spiro atoms. The van der Waals surface area contributed by atoms with Crippen molar-refractivity contribution in [2.45, 2.75) is 37.6 Å². The zero-order valence-corrected chi connectivity index (χ0v) is 11.0. The maximum absolute atomic E-state index is 12.2. The molecule has 1 saturated heterocycles. The van der Waals surface area contributed by atoms with E-state index in [1.165, 1.54) is 6.08 Å². The standard InChI is InChI=1S/C11H15F3O4S/c12-11(13,14)19(15,16)18-9-2-5-10(6-3-9)4-1-7-17-8-10/h2H,1,3-8H2. The van der Waals surface area contributed by atoms with Crippen molar-refractivity contribution in [2.24, 2.45) is 5.41 Å².